The third-order valence-electron chi connectivity index (χ3n) is 7.10. The van der Waals surface area contributed by atoms with Gasteiger partial charge in [-0.15, -0.1) is 0 Å². The van der Waals surface area contributed by atoms with Crippen LogP contribution >= 0.6 is 27.5 Å². The lowest BCUT2D eigenvalue weighted by Gasteiger charge is -2.45. The fourth-order valence-electron chi connectivity index (χ4n) is 4.87. The molecule has 1 saturated heterocycles. The summed E-state index contributed by atoms with van der Waals surface area (Å²) in [6.45, 7) is 1.61. The van der Waals surface area contributed by atoms with E-state index in [-0.39, 0.29) is 6.61 Å². The van der Waals surface area contributed by atoms with E-state index in [2.05, 4.69) is 28.1 Å². The summed E-state index contributed by atoms with van der Waals surface area (Å²) in [6, 6.07) is 37.5. The van der Waals surface area contributed by atoms with Crippen molar-refractivity contribution in [2.24, 2.45) is 0 Å². The highest BCUT2D eigenvalue weighted by atomic mass is 79.9. The van der Waals surface area contributed by atoms with Gasteiger partial charge in [0.25, 0.3) is 0 Å². The van der Waals surface area contributed by atoms with Gasteiger partial charge in [-0.3, -0.25) is 0 Å². The van der Waals surface area contributed by atoms with Crippen molar-refractivity contribution in [3.63, 3.8) is 0 Å². The molecule has 1 heterocycles. The number of rotatable bonds is 14. The van der Waals surface area contributed by atoms with E-state index in [1.165, 1.54) is 0 Å². The SMILES string of the molecule is CO[C@@H]1OC(COCc2c#cc(Cl)cc2)[C@H](OCc2ccccc2)[C@H](OCc2ccccc2)C1OCc1ccccc1Br. The Morgan fingerprint density at radius 1 is 0.698 bits per heavy atom. The number of halogens is 2. The fraction of sp³-hybridized carbons (Fsp3) is 0.314. The zero-order valence-corrected chi connectivity index (χ0v) is 26.2. The molecule has 5 atom stereocenters. The van der Waals surface area contributed by atoms with Gasteiger partial charge in [-0.1, -0.05) is 112 Å². The quantitative estimate of drug-likeness (QED) is 0.141. The number of hydrogen-bond donors (Lipinski definition) is 0. The van der Waals surface area contributed by atoms with Crippen molar-refractivity contribution in [3.8, 4) is 0 Å². The Labute approximate surface area is 266 Å². The van der Waals surface area contributed by atoms with Crippen LogP contribution in [0.25, 0.3) is 0 Å². The largest absolute Gasteiger partial charge is 0.373 e. The van der Waals surface area contributed by atoms with Gasteiger partial charge in [0.2, 0.25) is 0 Å². The highest BCUT2D eigenvalue weighted by Gasteiger charge is 2.48. The zero-order valence-electron chi connectivity index (χ0n) is 23.9. The number of ether oxygens (including phenoxy) is 6. The van der Waals surface area contributed by atoms with Crippen LogP contribution in [0.1, 0.15) is 22.3 Å². The Kier molecular flexibility index (Phi) is 12.0. The van der Waals surface area contributed by atoms with Crippen LogP contribution in [0, 0.1) is 12.1 Å². The molecule has 1 aliphatic heterocycles. The maximum atomic E-state index is 6.64. The van der Waals surface area contributed by atoms with E-state index >= 15 is 0 Å². The Hall–Kier alpha value is -2.77. The molecule has 2 unspecified atom stereocenters. The minimum atomic E-state index is -0.719. The van der Waals surface area contributed by atoms with E-state index in [4.69, 9.17) is 40.0 Å². The summed E-state index contributed by atoms with van der Waals surface area (Å²) in [5, 5.41) is 0.503. The molecule has 43 heavy (non-hydrogen) atoms. The minimum absolute atomic E-state index is 0.234. The Morgan fingerprint density at radius 3 is 1.95 bits per heavy atom. The number of benzene rings is 3. The second-order valence-electron chi connectivity index (χ2n) is 10.1. The van der Waals surface area contributed by atoms with Gasteiger partial charge in [-0.25, -0.2) is 0 Å². The van der Waals surface area contributed by atoms with Crippen molar-refractivity contribution in [2.45, 2.75) is 57.1 Å². The Balaban J connectivity index is 1.39. The lowest BCUT2D eigenvalue weighted by Crippen LogP contribution is -2.61. The van der Waals surface area contributed by atoms with Gasteiger partial charge >= 0.3 is 0 Å². The molecule has 4 aromatic rings. The predicted octanol–water partition coefficient (Wildman–Crippen LogP) is 7.35. The van der Waals surface area contributed by atoms with E-state index in [1.54, 1.807) is 13.2 Å². The van der Waals surface area contributed by atoms with E-state index in [0.29, 0.717) is 31.5 Å². The molecule has 6 nitrogen and oxygen atoms in total. The van der Waals surface area contributed by atoms with Crippen molar-refractivity contribution in [1.29, 1.82) is 0 Å². The van der Waals surface area contributed by atoms with Crippen molar-refractivity contribution in [2.75, 3.05) is 13.7 Å². The van der Waals surface area contributed by atoms with Gasteiger partial charge in [0, 0.05) is 17.1 Å². The highest BCUT2D eigenvalue weighted by molar-refractivity contribution is 9.10. The maximum absolute atomic E-state index is 6.64. The number of hydrogen-bond acceptors (Lipinski definition) is 6. The fourth-order valence-corrected chi connectivity index (χ4v) is 5.38. The molecule has 224 valence electrons. The second-order valence-corrected chi connectivity index (χ2v) is 11.4. The summed E-state index contributed by atoms with van der Waals surface area (Å²) in [4.78, 5) is 0. The molecule has 4 aromatic carbocycles. The van der Waals surface area contributed by atoms with Crippen LogP contribution in [0.2, 0.25) is 5.02 Å². The number of methoxy groups -OCH3 is 1. The average molecular weight is 666 g/mol. The smallest absolute Gasteiger partial charge is 0.186 e. The first-order chi connectivity index (χ1) is 21.1. The monoisotopic (exact) mass is 664 g/mol. The van der Waals surface area contributed by atoms with Crippen LogP contribution < -0.4 is 0 Å². The topological polar surface area (TPSA) is 55.4 Å². The summed E-state index contributed by atoms with van der Waals surface area (Å²) < 4.78 is 39.2. The first kappa shape index (κ1) is 31.6. The first-order valence-corrected chi connectivity index (χ1v) is 15.3. The summed E-state index contributed by atoms with van der Waals surface area (Å²) in [7, 11) is 1.61. The standard InChI is InChI=1S/C35H34BrClO6/c1-38-35-34(42-23-28-14-8-9-15-30(28)36)33(41-22-26-12-6-3-7-13-26)32(40-21-25-10-4-2-5-11-25)31(43-35)24-39-20-27-16-18-29(37)19-17-27/h2-16,18,31-35H,20-24H2,1H3/t31?,32-,33-,34?,35+/m0/s1. The van der Waals surface area contributed by atoms with Crippen molar-refractivity contribution in [3.05, 3.63) is 141 Å². The molecule has 0 amide bonds. The maximum Gasteiger partial charge on any atom is 0.186 e. The van der Waals surface area contributed by atoms with Crippen LogP contribution in [-0.2, 0) is 54.8 Å². The lowest BCUT2D eigenvalue weighted by atomic mass is 9.97. The third-order valence-corrected chi connectivity index (χ3v) is 8.09. The third kappa shape index (κ3) is 9.12. The van der Waals surface area contributed by atoms with E-state index in [9.17, 15) is 0 Å². The summed E-state index contributed by atoms with van der Waals surface area (Å²) >= 11 is 9.60. The molecule has 0 bridgehead atoms. The van der Waals surface area contributed by atoms with E-state index in [0.717, 1.165) is 26.7 Å². The molecule has 0 spiro atoms. The van der Waals surface area contributed by atoms with Gasteiger partial charge < -0.3 is 28.4 Å². The minimum Gasteiger partial charge on any atom is -0.373 e. The van der Waals surface area contributed by atoms with Crippen LogP contribution in [-0.4, -0.2) is 44.4 Å². The van der Waals surface area contributed by atoms with Gasteiger partial charge in [0.05, 0.1) is 38.1 Å². The second kappa shape index (κ2) is 16.3. The normalized spacial score (nSPS) is 21.8. The van der Waals surface area contributed by atoms with Crippen LogP contribution in [0.3, 0.4) is 0 Å². The van der Waals surface area contributed by atoms with Crippen LogP contribution in [0.5, 0.6) is 0 Å². The van der Waals surface area contributed by atoms with Crippen molar-refractivity contribution in [1.82, 2.24) is 0 Å². The lowest BCUT2D eigenvalue weighted by molar-refractivity contribution is -0.323. The molecule has 0 aliphatic carbocycles. The molecule has 0 aromatic heterocycles. The van der Waals surface area contributed by atoms with Gasteiger partial charge in [0.15, 0.2) is 6.29 Å². The average Bonchev–Trinajstić information content (AvgIpc) is 3.04. The molecule has 0 N–H and O–H groups in total. The molecule has 1 aliphatic rings. The van der Waals surface area contributed by atoms with Gasteiger partial charge in [-0.05, 0) is 41.0 Å². The molecular formula is C35H34BrClO6. The summed E-state index contributed by atoms with van der Waals surface area (Å²) in [5.41, 5.74) is 3.91. The highest BCUT2D eigenvalue weighted by Crippen LogP contribution is 2.32. The molecule has 5 rings (SSSR count). The van der Waals surface area contributed by atoms with Crippen molar-refractivity contribution < 1.29 is 28.4 Å². The molecule has 8 heteroatoms. The van der Waals surface area contributed by atoms with Crippen molar-refractivity contribution >= 4 is 27.5 Å². The molecule has 0 saturated carbocycles. The van der Waals surface area contributed by atoms with E-state index < -0.39 is 30.7 Å². The zero-order chi connectivity index (χ0) is 29.9. The Morgan fingerprint density at radius 2 is 1.33 bits per heavy atom. The molecular weight excluding hydrogens is 632 g/mol. The first-order valence-electron chi connectivity index (χ1n) is 14.1. The van der Waals surface area contributed by atoms with Gasteiger partial charge in [0.1, 0.15) is 24.4 Å². The summed E-state index contributed by atoms with van der Waals surface area (Å²) in [6.07, 6.45) is -2.87. The van der Waals surface area contributed by atoms with Crippen LogP contribution in [0.4, 0.5) is 0 Å². The van der Waals surface area contributed by atoms with E-state index in [1.807, 2.05) is 91.0 Å². The summed E-state index contributed by atoms with van der Waals surface area (Å²) in [5.74, 6) is 0. The van der Waals surface area contributed by atoms with Gasteiger partial charge in [-0.2, -0.15) is 0 Å². The predicted molar refractivity (Wildman–Crippen MR) is 167 cm³/mol. The van der Waals surface area contributed by atoms with Crippen LogP contribution in [0.15, 0.2) is 102 Å². The molecule has 0 radical (unpaired) electrons. The Bertz CT molecular complexity index is 1370. The molecule has 1 fully saturated rings.